The molecule has 162 valence electrons. The zero-order valence-electron chi connectivity index (χ0n) is 18.2. The van der Waals surface area contributed by atoms with Crippen molar-refractivity contribution in [3.8, 4) is 5.75 Å². The molecule has 6 heteroatoms. The van der Waals surface area contributed by atoms with Crippen LogP contribution in [0, 0.1) is 19.8 Å². The van der Waals surface area contributed by atoms with Gasteiger partial charge in [0.1, 0.15) is 12.0 Å². The molecule has 0 atom stereocenters. The van der Waals surface area contributed by atoms with Gasteiger partial charge < -0.3 is 15.0 Å². The van der Waals surface area contributed by atoms with Crippen molar-refractivity contribution in [2.75, 3.05) is 12.4 Å². The lowest BCUT2D eigenvalue weighted by atomic mass is 9.84. The van der Waals surface area contributed by atoms with Crippen LogP contribution in [0.15, 0.2) is 30.3 Å². The van der Waals surface area contributed by atoms with E-state index in [1.807, 2.05) is 43.0 Å². The number of anilines is 1. The molecule has 4 rings (SSSR count). The Hall–Kier alpha value is -3.15. The van der Waals surface area contributed by atoms with E-state index in [0.717, 1.165) is 60.1 Å². The minimum atomic E-state index is -0.0629. The Morgan fingerprint density at radius 1 is 1.10 bits per heavy atom. The Morgan fingerprint density at radius 2 is 1.84 bits per heavy atom. The molecule has 0 spiro atoms. The summed E-state index contributed by atoms with van der Waals surface area (Å²) in [4.78, 5) is 38.8. The van der Waals surface area contributed by atoms with Crippen LogP contribution >= 0.6 is 0 Å². The molecule has 2 aromatic carbocycles. The highest BCUT2D eigenvalue weighted by atomic mass is 16.5. The van der Waals surface area contributed by atoms with Crippen LogP contribution < -0.4 is 10.1 Å². The number of hydrogen-bond donors (Lipinski definition) is 1. The number of hydrogen-bond acceptors (Lipinski definition) is 4. The number of ether oxygens (including phenoxy) is 1. The van der Waals surface area contributed by atoms with Crippen molar-refractivity contribution >= 4 is 23.8 Å². The summed E-state index contributed by atoms with van der Waals surface area (Å²) in [5, 5.41) is 3.01. The zero-order chi connectivity index (χ0) is 22.1. The number of aldehydes is 1. The molecule has 0 saturated heterocycles. The highest BCUT2D eigenvalue weighted by Crippen LogP contribution is 2.35. The van der Waals surface area contributed by atoms with Crippen LogP contribution in [0.1, 0.15) is 63.1 Å². The standard InChI is InChI=1S/C25H28N2O4/c1-15-4-7-19(12-23(15)31-3)26-24(29)18-5-8-20(9-6-18)27-13-22-16(2)10-17(14-28)11-21(22)25(27)30/h4,7,10-12,14,18,20H,5-6,8-9,13H2,1-3H3,(H,26,29). The third-order valence-corrected chi connectivity index (χ3v) is 6.63. The maximum atomic E-state index is 13.0. The fraction of sp³-hybridized carbons (Fsp3) is 0.400. The molecule has 1 heterocycles. The average Bonchev–Trinajstić information content (AvgIpc) is 3.12. The summed E-state index contributed by atoms with van der Waals surface area (Å²) in [6.45, 7) is 4.50. The second-order valence-corrected chi connectivity index (χ2v) is 8.59. The maximum absolute atomic E-state index is 13.0. The molecular weight excluding hydrogens is 392 g/mol. The molecule has 0 unspecified atom stereocenters. The first kappa shape index (κ1) is 21.1. The molecule has 1 saturated carbocycles. The molecule has 0 bridgehead atoms. The number of nitrogens with zero attached hydrogens (tertiary/aromatic N) is 1. The first-order valence-electron chi connectivity index (χ1n) is 10.8. The smallest absolute Gasteiger partial charge is 0.254 e. The van der Waals surface area contributed by atoms with Crippen LogP contribution in [0.25, 0.3) is 0 Å². The van der Waals surface area contributed by atoms with Crippen LogP contribution in [-0.4, -0.2) is 36.2 Å². The van der Waals surface area contributed by atoms with Gasteiger partial charge in [-0.25, -0.2) is 0 Å². The maximum Gasteiger partial charge on any atom is 0.254 e. The second-order valence-electron chi connectivity index (χ2n) is 8.59. The average molecular weight is 421 g/mol. The SMILES string of the molecule is COc1cc(NC(=O)C2CCC(N3Cc4c(C)cc(C=O)cc4C3=O)CC2)ccc1C. The quantitative estimate of drug-likeness (QED) is 0.733. The molecule has 2 aromatic rings. The van der Waals surface area contributed by atoms with Crippen LogP contribution in [-0.2, 0) is 11.3 Å². The molecule has 0 radical (unpaired) electrons. The summed E-state index contributed by atoms with van der Waals surface area (Å²) in [6.07, 6.45) is 3.89. The van der Waals surface area contributed by atoms with Gasteiger partial charge >= 0.3 is 0 Å². The van der Waals surface area contributed by atoms with Gasteiger partial charge in [0.15, 0.2) is 0 Å². The molecule has 6 nitrogen and oxygen atoms in total. The van der Waals surface area contributed by atoms with E-state index in [9.17, 15) is 14.4 Å². The van der Waals surface area contributed by atoms with E-state index in [-0.39, 0.29) is 23.8 Å². The lowest BCUT2D eigenvalue weighted by Crippen LogP contribution is -2.40. The Kier molecular flexibility index (Phi) is 5.81. The van der Waals surface area contributed by atoms with Gasteiger partial charge in [-0.05, 0) is 74.4 Å². The molecule has 0 aromatic heterocycles. The minimum Gasteiger partial charge on any atom is -0.496 e. The molecule has 1 N–H and O–H groups in total. The number of amides is 2. The van der Waals surface area contributed by atoms with E-state index in [4.69, 9.17) is 4.74 Å². The lowest BCUT2D eigenvalue weighted by Gasteiger charge is -2.34. The largest absolute Gasteiger partial charge is 0.496 e. The van der Waals surface area contributed by atoms with Crippen molar-refractivity contribution in [1.82, 2.24) is 4.90 Å². The third kappa shape index (κ3) is 4.07. The predicted octanol–water partition coefficient (Wildman–Crippen LogP) is 4.28. The van der Waals surface area contributed by atoms with Crippen molar-refractivity contribution in [3.63, 3.8) is 0 Å². The normalized spacial score (nSPS) is 20.4. The van der Waals surface area contributed by atoms with E-state index in [1.54, 1.807) is 13.2 Å². The van der Waals surface area contributed by atoms with Crippen molar-refractivity contribution < 1.29 is 19.1 Å². The predicted molar refractivity (Wildman–Crippen MR) is 119 cm³/mol. The summed E-state index contributed by atoms with van der Waals surface area (Å²) < 4.78 is 5.34. The molecular formula is C25H28N2O4. The van der Waals surface area contributed by atoms with Crippen molar-refractivity contribution in [2.45, 2.75) is 52.1 Å². The topological polar surface area (TPSA) is 75.7 Å². The summed E-state index contributed by atoms with van der Waals surface area (Å²) in [6, 6.07) is 9.32. The highest BCUT2D eigenvalue weighted by Gasteiger charge is 2.37. The minimum absolute atomic E-state index is 0.00134. The number of benzene rings is 2. The summed E-state index contributed by atoms with van der Waals surface area (Å²) in [7, 11) is 1.62. The van der Waals surface area contributed by atoms with Crippen LogP contribution in [0.2, 0.25) is 0 Å². The number of nitrogens with one attached hydrogen (secondary N) is 1. The van der Waals surface area contributed by atoms with Gasteiger partial charge in [0.05, 0.1) is 7.11 Å². The molecule has 2 aliphatic rings. The van der Waals surface area contributed by atoms with Gasteiger partial charge in [0.2, 0.25) is 5.91 Å². The Balaban J connectivity index is 1.38. The van der Waals surface area contributed by atoms with Gasteiger partial charge in [0, 0.05) is 41.4 Å². The molecule has 1 aliphatic heterocycles. The second kappa shape index (κ2) is 8.53. The zero-order valence-corrected chi connectivity index (χ0v) is 18.2. The molecule has 31 heavy (non-hydrogen) atoms. The fourth-order valence-corrected chi connectivity index (χ4v) is 4.80. The van der Waals surface area contributed by atoms with E-state index in [2.05, 4.69) is 5.32 Å². The van der Waals surface area contributed by atoms with Gasteiger partial charge in [-0.3, -0.25) is 14.4 Å². The number of aryl methyl sites for hydroxylation is 2. The lowest BCUT2D eigenvalue weighted by molar-refractivity contribution is -0.121. The number of methoxy groups -OCH3 is 1. The first-order valence-corrected chi connectivity index (χ1v) is 10.8. The van der Waals surface area contributed by atoms with E-state index in [1.165, 1.54) is 0 Å². The first-order chi connectivity index (χ1) is 14.9. The molecule has 1 fully saturated rings. The van der Waals surface area contributed by atoms with Gasteiger partial charge in [0.25, 0.3) is 5.91 Å². The van der Waals surface area contributed by atoms with Crippen molar-refractivity contribution in [1.29, 1.82) is 0 Å². The van der Waals surface area contributed by atoms with Crippen molar-refractivity contribution in [2.24, 2.45) is 5.92 Å². The van der Waals surface area contributed by atoms with Crippen molar-refractivity contribution in [3.05, 3.63) is 58.1 Å². The Labute approximate surface area is 182 Å². The number of fused-ring (bicyclic) bond motifs is 1. The van der Waals surface area contributed by atoms with Gasteiger partial charge in [-0.2, -0.15) is 0 Å². The monoisotopic (exact) mass is 420 g/mol. The molecule has 1 aliphatic carbocycles. The number of carbonyl (C=O) groups excluding carboxylic acids is 3. The fourth-order valence-electron chi connectivity index (χ4n) is 4.80. The summed E-state index contributed by atoms with van der Waals surface area (Å²) >= 11 is 0. The third-order valence-electron chi connectivity index (χ3n) is 6.63. The van der Waals surface area contributed by atoms with Crippen LogP contribution in [0.4, 0.5) is 5.69 Å². The van der Waals surface area contributed by atoms with E-state index < -0.39 is 0 Å². The van der Waals surface area contributed by atoms with Gasteiger partial charge in [-0.1, -0.05) is 6.07 Å². The van der Waals surface area contributed by atoms with E-state index in [0.29, 0.717) is 17.7 Å². The van der Waals surface area contributed by atoms with Crippen LogP contribution in [0.3, 0.4) is 0 Å². The Morgan fingerprint density at radius 3 is 2.52 bits per heavy atom. The summed E-state index contributed by atoms with van der Waals surface area (Å²) in [5.74, 6) is 0.710. The highest BCUT2D eigenvalue weighted by molar-refractivity contribution is 6.00. The summed E-state index contributed by atoms with van der Waals surface area (Å²) in [5.41, 5.74) is 4.95. The number of carbonyl (C=O) groups is 3. The van der Waals surface area contributed by atoms with Gasteiger partial charge in [-0.15, -0.1) is 0 Å². The molecule has 2 amide bonds. The number of rotatable bonds is 5. The Bertz CT molecular complexity index is 1040. The van der Waals surface area contributed by atoms with Crippen LogP contribution in [0.5, 0.6) is 5.75 Å². The van der Waals surface area contributed by atoms with E-state index >= 15 is 0 Å².